The lowest BCUT2D eigenvalue weighted by molar-refractivity contribution is 0.171. The summed E-state index contributed by atoms with van der Waals surface area (Å²) < 4.78 is 37.9. The molecule has 1 heterocycles. The van der Waals surface area contributed by atoms with Gasteiger partial charge < -0.3 is 9.47 Å². The zero-order valence-electron chi connectivity index (χ0n) is 14.3. The Balaban J connectivity index is 1.61. The van der Waals surface area contributed by atoms with Gasteiger partial charge in [0, 0.05) is 6.54 Å². The van der Waals surface area contributed by atoms with Crippen molar-refractivity contribution < 1.29 is 17.9 Å². The highest BCUT2D eigenvalue weighted by Crippen LogP contribution is 2.46. The summed E-state index contributed by atoms with van der Waals surface area (Å²) in [5, 5.41) is 0. The van der Waals surface area contributed by atoms with Gasteiger partial charge in [-0.25, -0.2) is 13.1 Å². The molecular weight excluding hydrogens is 326 g/mol. The zero-order valence-corrected chi connectivity index (χ0v) is 15.1. The molecule has 1 aliphatic carbocycles. The summed E-state index contributed by atoms with van der Waals surface area (Å²) >= 11 is 0. The summed E-state index contributed by atoms with van der Waals surface area (Å²) in [7, 11) is -3.14. The Morgan fingerprint density at radius 2 is 1.96 bits per heavy atom. The second-order valence-corrected chi connectivity index (χ2v) is 8.63. The van der Waals surface area contributed by atoms with E-state index in [1.165, 1.54) is 18.4 Å². The van der Waals surface area contributed by atoms with Gasteiger partial charge in [0.2, 0.25) is 10.0 Å². The fourth-order valence-corrected chi connectivity index (χ4v) is 4.48. The summed E-state index contributed by atoms with van der Waals surface area (Å²) in [5.74, 6) is 2.89. The largest absolute Gasteiger partial charge is 0.486 e. The predicted octanol–water partition coefficient (Wildman–Crippen LogP) is 3.06. The van der Waals surface area contributed by atoms with Crippen LogP contribution in [0.4, 0.5) is 0 Å². The average Bonchev–Trinajstić information content (AvgIpc) is 3.41. The third kappa shape index (κ3) is 4.63. The minimum Gasteiger partial charge on any atom is -0.486 e. The van der Waals surface area contributed by atoms with E-state index >= 15 is 0 Å². The van der Waals surface area contributed by atoms with E-state index < -0.39 is 10.0 Å². The molecule has 1 N–H and O–H groups in total. The van der Waals surface area contributed by atoms with E-state index in [0.717, 1.165) is 24.3 Å². The minimum absolute atomic E-state index is 0.224. The van der Waals surface area contributed by atoms with Gasteiger partial charge in [-0.1, -0.05) is 19.4 Å². The van der Waals surface area contributed by atoms with Crippen LogP contribution in [0.3, 0.4) is 0 Å². The van der Waals surface area contributed by atoms with Crippen LogP contribution >= 0.6 is 0 Å². The molecule has 3 rings (SSSR count). The first-order valence-corrected chi connectivity index (χ1v) is 10.6. The van der Waals surface area contributed by atoms with Crippen molar-refractivity contribution in [3.8, 4) is 11.5 Å². The van der Waals surface area contributed by atoms with Crippen molar-refractivity contribution in [2.24, 2.45) is 5.92 Å². The molecule has 0 radical (unpaired) electrons. The van der Waals surface area contributed by atoms with Gasteiger partial charge in [0.25, 0.3) is 0 Å². The smallest absolute Gasteiger partial charge is 0.211 e. The molecule has 1 unspecified atom stereocenters. The number of unbranched alkanes of at least 4 members (excludes halogenated alkanes) is 1. The van der Waals surface area contributed by atoms with Crippen molar-refractivity contribution in [3.05, 3.63) is 23.8 Å². The quantitative estimate of drug-likeness (QED) is 0.741. The Labute approximate surface area is 144 Å². The van der Waals surface area contributed by atoms with Gasteiger partial charge in [0.1, 0.15) is 13.2 Å². The van der Waals surface area contributed by atoms with Gasteiger partial charge in [-0.3, -0.25) is 0 Å². The van der Waals surface area contributed by atoms with Crippen LogP contribution < -0.4 is 14.2 Å². The van der Waals surface area contributed by atoms with Crippen LogP contribution in [0, 0.1) is 5.92 Å². The Morgan fingerprint density at radius 1 is 1.21 bits per heavy atom. The van der Waals surface area contributed by atoms with Crippen LogP contribution in [0.15, 0.2) is 18.2 Å². The second-order valence-electron chi connectivity index (χ2n) is 6.70. The molecule has 1 aromatic carbocycles. The molecule has 1 aliphatic heterocycles. The maximum atomic E-state index is 11.9. The summed E-state index contributed by atoms with van der Waals surface area (Å²) in [6.45, 7) is 3.68. The van der Waals surface area contributed by atoms with Gasteiger partial charge in [-0.15, -0.1) is 0 Å². The molecule has 5 nitrogen and oxygen atoms in total. The average molecular weight is 353 g/mol. The van der Waals surface area contributed by atoms with Gasteiger partial charge in [-0.2, -0.15) is 0 Å². The van der Waals surface area contributed by atoms with Gasteiger partial charge in [-0.05, 0) is 55.2 Å². The highest BCUT2D eigenvalue weighted by Gasteiger charge is 2.32. The Hall–Kier alpha value is -1.27. The van der Waals surface area contributed by atoms with Crippen molar-refractivity contribution in [1.29, 1.82) is 0 Å². The summed E-state index contributed by atoms with van der Waals surface area (Å²) in [5.41, 5.74) is 1.23. The molecule has 24 heavy (non-hydrogen) atoms. The highest BCUT2D eigenvalue weighted by atomic mass is 32.2. The molecule has 0 aromatic heterocycles. The lowest BCUT2D eigenvalue weighted by atomic mass is 9.91. The number of ether oxygens (including phenoxy) is 2. The topological polar surface area (TPSA) is 64.6 Å². The lowest BCUT2D eigenvalue weighted by Crippen LogP contribution is -2.28. The molecule has 2 aliphatic rings. The van der Waals surface area contributed by atoms with Crippen LogP contribution in [0.2, 0.25) is 0 Å². The normalized spacial score (nSPS) is 18.4. The molecule has 134 valence electrons. The van der Waals surface area contributed by atoms with Crippen LogP contribution in [0.25, 0.3) is 0 Å². The number of nitrogens with one attached hydrogen (secondary N) is 1. The first-order chi connectivity index (χ1) is 11.6. The van der Waals surface area contributed by atoms with E-state index in [1.807, 2.05) is 13.0 Å². The van der Waals surface area contributed by atoms with Crippen molar-refractivity contribution >= 4 is 10.0 Å². The minimum atomic E-state index is -3.14. The molecular formula is C18H27NO4S. The van der Waals surface area contributed by atoms with Gasteiger partial charge in [0.15, 0.2) is 11.5 Å². The van der Waals surface area contributed by atoms with Crippen molar-refractivity contribution in [2.75, 3.05) is 25.5 Å². The van der Waals surface area contributed by atoms with Crippen molar-refractivity contribution in [3.63, 3.8) is 0 Å². The Morgan fingerprint density at radius 3 is 2.67 bits per heavy atom. The first-order valence-electron chi connectivity index (χ1n) is 8.96. The molecule has 0 bridgehead atoms. The number of hydrogen-bond acceptors (Lipinski definition) is 4. The molecule has 0 spiro atoms. The van der Waals surface area contributed by atoms with Crippen molar-refractivity contribution in [1.82, 2.24) is 4.72 Å². The van der Waals surface area contributed by atoms with Crippen LogP contribution in [0.1, 0.15) is 50.5 Å². The molecule has 1 saturated carbocycles. The number of hydrogen-bond donors (Lipinski definition) is 1. The van der Waals surface area contributed by atoms with E-state index in [9.17, 15) is 8.42 Å². The lowest BCUT2D eigenvalue weighted by Gasteiger charge is -2.22. The maximum Gasteiger partial charge on any atom is 0.211 e. The maximum absolute atomic E-state index is 11.9. The SMILES string of the molecule is CCCCS(=O)(=O)NCCC(c1ccc2c(c1)OCCO2)C1CC1. The number of sulfonamides is 1. The van der Waals surface area contributed by atoms with Gasteiger partial charge in [0.05, 0.1) is 5.75 Å². The number of fused-ring (bicyclic) bond motifs is 1. The van der Waals surface area contributed by atoms with Crippen LogP contribution in [-0.4, -0.2) is 33.9 Å². The third-order valence-electron chi connectivity index (χ3n) is 4.73. The third-order valence-corrected chi connectivity index (χ3v) is 6.20. The fourth-order valence-electron chi connectivity index (χ4n) is 3.24. The Bertz CT molecular complexity index is 655. The summed E-state index contributed by atoms with van der Waals surface area (Å²) in [4.78, 5) is 0. The highest BCUT2D eigenvalue weighted by molar-refractivity contribution is 7.89. The van der Waals surface area contributed by atoms with E-state index in [4.69, 9.17) is 9.47 Å². The van der Waals surface area contributed by atoms with Crippen molar-refractivity contribution in [2.45, 2.75) is 44.9 Å². The molecule has 1 aromatic rings. The van der Waals surface area contributed by atoms with E-state index in [-0.39, 0.29) is 5.75 Å². The summed E-state index contributed by atoms with van der Waals surface area (Å²) in [6.07, 6.45) is 4.88. The molecule has 1 fully saturated rings. The standard InChI is InChI=1S/C18H27NO4S/c1-2-3-12-24(20,21)19-9-8-16(14-4-5-14)15-6-7-17-18(13-15)23-11-10-22-17/h6-7,13-14,16,19H,2-5,8-12H2,1H3. The van der Waals surface area contributed by atoms with Crippen LogP contribution in [0.5, 0.6) is 11.5 Å². The fraction of sp³-hybridized carbons (Fsp3) is 0.667. The predicted molar refractivity (Wildman–Crippen MR) is 94.2 cm³/mol. The van der Waals surface area contributed by atoms with Crippen LogP contribution in [-0.2, 0) is 10.0 Å². The number of rotatable bonds is 9. The molecule has 0 amide bonds. The number of benzene rings is 1. The van der Waals surface area contributed by atoms with Gasteiger partial charge >= 0.3 is 0 Å². The second kappa shape index (κ2) is 7.74. The zero-order chi connectivity index (χ0) is 17.0. The molecule has 1 atom stereocenters. The van der Waals surface area contributed by atoms with E-state index in [0.29, 0.717) is 38.0 Å². The Kier molecular flexibility index (Phi) is 5.66. The molecule has 6 heteroatoms. The monoisotopic (exact) mass is 353 g/mol. The van der Waals surface area contributed by atoms with E-state index in [2.05, 4.69) is 16.9 Å². The first kappa shape index (κ1) is 17.5. The molecule has 0 saturated heterocycles. The summed E-state index contributed by atoms with van der Waals surface area (Å²) in [6, 6.07) is 6.15. The van der Waals surface area contributed by atoms with E-state index in [1.54, 1.807) is 0 Å².